The number of sulfone groups is 1. The minimum Gasteiger partial charge on any atom is -0.220 e. The molecule has 1 aromatic carbocycles. The van der Waals surface area contributed by atoms with Crippen LogP contribution in [0.2, 0.25) is 0 Å². The summed E-state index contributed by atoms with van der Waals surface area (Å²) in [5.41, 5.74) is 0. The molecule has 0 fully saturated rings. The van der Waals surface area contributed by atoms with Gasteiger partial charge in [0.1, 0.15) is 0 Å². The summed E-state index contributed by atoms with van der Waals surface area (Å²) >= 11 is 8.95. The highest BCUT2D eigenvalue weighted by Crippen LogP contribution is 2.42. The lowest BCUT2D eigenvalue weighted by atomic mass is 10.4. The lowest BCUT2D eigenvalue weighted by Crippen LogP contribution is -2.17. The minimum atomic E-state index is -3.43. The predicted octanol–water partition coefficient (Wildman–Crippen LogP) is 3.89. The molecule has 0 aliphatic heterocycles. The van der Waals surface area contributed by atoms with E-state index in [2.05, 4.69) is 47.8 Å². The quantitative estimate of drug-likeness (QED) is 0.660. The maximum absolute atomic E-state index is 11.7. The van der Waals surface area contributed by atoms with Gasteiger partial charge in [-0.1, -0.05) is 25.6 Å². The third-order valence-electron chi connectivity index (χ3n) is 1.36. The van der Waals surface area contributed by atoms with Gasteiger partial charge in [-0.2, -0.15) is 0 Å². The van der Waals surface area contributed by atoms with Crippen molar-refractivity contribution in [1.29, 1.82) is 0 Å². The molecule has 0 N–H and O–H groups in total. The first kappa shape index (κ1) is 14.6. The maximum atomic E-state index is 11.7. The van der Waals surface area contributed by atoms with Crippen molar-refractivity contribution in [2.45, 2.75) is 13.8 Å². The van der Waals surface area contributed by atoms with Crippen LogP contribution >= 0.6 is 47.8 Å². The van der Waals surface area contributed by atoms with Crippen LogP contribution in [0.1, 0.15) is 7.43 Å². The van der Waals surface area contributed by atoms with E-state index in [0.29, 0.717) is 0 Å². The van der Waals surface area contributed by atoms with Gasteiger partial charge in [-0.25, -0.2) is 8.42 Å². The molecule has 14 heavy (non-hydrogen) atoms. The average Bonchev–Trinajstić information content (AvgIpc) is 2.04. The summed E-state index contributed by atoms with van der Waals surface area (Å²) in [6.45, 7) is 0. The van der Waals surface area contributed by atoms with Gasteiger partial charge in [0.15, 0.2) is 0 Å². The molecule has 6 heteroatoms. The van der Waals surface area contributed by atoms with E-state index >= 15 is 0 Å². The largest absolute Gasteiger partial charge is 0.239 e. The molecule has 1 aromatic rings. The Balaban J connectivity index is 0.00000169. The van der Waals surface area contributed by atoms with Crippen molar-refractivity contribution >= 4 is 57.6 Å². The first-order chi connectivity index (χ1) is 5.86. The Hall–Kier alpha value is 0.610. The first-order valence-electron chi connectivity index (χ1n) is 3.22. The van der Waals surface area contributed by atoms with Gasteiger partial charge in [0.05, 0.1) is 4.90 Å². The van der Waals surface area contributed by atoms with Crippen molar-refractivity contribution in [3.8, 4) is 0 Å². The van der Waals surface area contributed by atoms with E-state index in [1.54, 1.807) is 18.2 Å². The molecule has 0 unspecified atom stereocenters. The van der Waals surface area contributed by atoms with Crippen LogP contribution in [0, 0.1) is 0 Å². The summed E-state index contributed by atoms with van der Waals surface area (Å²) in [4.78, 5) is 0.251. The standard InChI is InChI=1S/C7H5Br3O2S.CH4/c8-7(9,10)13(11,12)6-4-2-1-3-5-6;/h1-5H;1H4. The van der Waals surface area contributed by atoms with E-state index in [0.717, 1.165) is 0 Å². The van der Waals surface area contributed by atoms with E-state index < -0.39 is 11.3 Å². The van der Waals surface area contributed by atoms with Crippen molar-refractivity contribution in [1.82, 2.24) is 0 Å². The van der Waals surface area contributed by atoms with Crippen LogP contribution in [-0.2, 0) is 9.84 Å². The van der Waals surface area contributed by atoms with Crippen LogP contribution in [0.25, 0.3) is 0 Å². The molecule has 0 amide bonds. The fourth-order valence-corrected chi connectivity index (χ4v) is 3.20. The van der Waals surface area contributed by atoms with E-state index in [4.69, 9.17) is 0 Å². The van der Waals surface area contributed by atoms with Crippen molar-refractivity contribution in [3.63, 3.8) is 0 Å². The van der Waals surface area contributed by atoms with Crippen molar-refractivity contribution in [2.24, 2.45) is 0 Å². The van der Waals surface area contributed by atoms with Crippen LogP contribution in [0.5, 0.6) is 0 Å². The monoisotopic (exact) mass is 406 g/mol. The molecule has 0 radical (unpaired) electrons. The van der Waals surface area contributed by atoms with Gasteiger partial charge >= 0.3 is 0 Å². The number of halogens is 3. The Morgan fingerprint density at radius 2 is 1.43 bits per heavy atom. The van der Waals surface area contributed by atoms with E-state index in [1.165, 1.54) is 12.1 Å². The highest BCUT2D eigenvalue weighted by Gasteiger charge is 2.36. The van der Waals surface area contributed by atoms with E-state index in [-0.39, 0.29) is 12.3 Å². The lowest BCUT2D eigenvalue weighted by Gasteiger charge is -2.12. The molecular formula is C8H9Br3O2S. The molecule has 0 aromatic heterocycles. The number of alkyl halides is 3. The summed E-state index contributed by atoms with van der Waals surface area (Å²) in [5.74, 6) is 0. The summed E-state index contributed by atoms with van der Waals surface area (Å²) < 4.78 is 22.1. The maximum Gasteiger partial charge on any atom is 0.239 e. The Bertz CT molecular complexity index is 381. The third kappa shape index (κ3) is 3.05. The molecule has 0 bridgehead atoms. The first-order valence-corrected chi connectivity index (χ1v) is 7.08. The van der Waals surface area contributed by atoms with Crippen molar-refractivity contribution in [3.05, 3.63) is 30.3 Å². The third-order valence-corrected chi connectivity index (χ3v) is 6.70. The zero-order valence-corrected chi connectivity index (χ0v) is 11.8. The molecule has 80 valence electrons. The summed E-state index contributed by atoms with van der Waals surface area (Å²) in [7, 11) is -3.43. The molecule has 0 saturated carbocycles. The normalized spacial score (nSPS) is 11.9. The fourth-order valence-electron chi connectivity index (χ4n) is 0.733. The van der Waals surface area contributed by atoms with Gasteiger partial charge in [0, 0.05) is 0 Å². The topological polar surface area (TPSA) is 34.1 Å². The molecular weight excluding hydrogens is 400 g/mol. The molecule has 1 rings (SSSR count). The molecule has 2 nitrogen and oxygen atoms in total. The number of hydrogen-bond donors (Lipinski definition) is 0. The van der Waals surface area contributed by atoms with Crippen LogP contribution in [0.15, 0.2) is 35.2 Å². The van der Waals surface area contributed by atoms with Gasteiger partial charge in [-0.05, 0) is 59.9 Å². The average molecular weight is 409 g/mol. The SMILES string of the molecule is C.O=S(=O)(c1ccccc1)C(Br)(Br)Br. The van der Waals surface area contributed by atoms with Crippen molar-refractivity contribution in [2.75, 3.05) is 0 Å². The van der Waals surface area contributed by atoms with Gasteiger partial charge in [-0.15, -0.1) is 0 Å². The van der Waals surface area contributed by atoms with Gasteiger partial charge in [0.25, 0.3) is 0 Å². The minimum absolute atomic E-state index is 0. The second-order valence-electron chi connectivity index (χ2n) is 2.26. The number of hydrogen-bond acceptors (Lipinski definition) is 2. The Morgan fingerprint density at radius 3 is 1.79 bits per heavy atom. The molecule has 0 atom stereocenters. The van der Waals surface area contributed by atoms with Crippen molar-refractivity contribution < 1.29 is 8.42 Å². The highest BCUT2D eigenvalue weighted by atomic mass is 80.0. The van der Waals surface area contributed by atoms with Crippen LogP contribution in [-0.4, -0.2) is 9.89 Å². The molecule has 0 saturated heterocycles. The fraction of sp³-hybridized carbons (Fsp3) is 0.250. The molecule has 0 aliphatic carbocycles. The van der Waals surface area contributed by atoms with Crippen LogP contribution in [0.3, 0.4) is 0 Å². The molecule has 0 heterocycles. The Morgan fingerprint density at radius 1 is 1.00 bits per heavy atom. The van der Waals surface area contributed by atoms with E-state index in [1.807, 2.05) is 0 Å². The second-order valence-corrected chi connectivity index (χ2v) is 12.7. The van der Waals surface area contributed by atoms with Gasteiger partial charge in [-0.3, -0.25) is 0 Å². The zero-order valence-electron chi connectivity index (χ0n) is 6.25. The van der Waals surface area contributed by atoms with Gasteiger partial charge < -0.3 is 0 Å². The van der Waals surface area contributed by atoms with E-state index in [9.17, 15) is 8.42 Å². The highest BCUT2D eigenvalue weighted by molar-refractivity contribution is 9.42. The van der Waals surface area contributed by atoms with Crippen LogP contribution in [0.4, 0.5) is 0 Å². The van der Waals surface area contributed by atoms with Crippen LogP contribution < -0.4 is 0 Å². The molecule has 0 aliphatic rings. The molecule has 0 spiro atoms. The number of rotatable bonds is 1. The summed E-state index contributed by atoms with van der Waals surface area (Å²) in [5, 5.41) is 0. The predicted molar refractivity (Wildman–Crippen MR) is 69.9 cm³/mol. The summed E-state index contributed by atoms with van der Waals surface area (Å²) in [6.07, 6.45) is 0. The Kier molecular flexibility index (Phi) is 5.32. The zero-order chi connectivity index (χ0) is 10.1. The summed E-state index contributed by atoms with van der Waals surface area (Å²) in [6, 6.07) is 8.18. The smallest absolute Gasteiger partial charge is 0.220 e. The lowest BCUT2D eigenvalue weighted by molar-refractivity contribution is 0.599. The Labute approximate surface area is 109 Å². The number of benzene rings is 1. The van der Waals surface area contributed by atoms with Gasteiger partial charge in [0.2, 0.25) is 11.3 Å². The second kappa shape index (κ2) is 5.09.